The number of benzene rings is 6. The number of fused-ring (bicyclic) bond motifs is 2. The third-order valence-electron chi connectivity index (χ3n) is 11.3. The first-order valence-electron chi connectivity index (χ1n) is 19.6. The summed E-state index contributed by atoms with van der Waals surface area (Å²) in [5, 5.41) is 19.2. The fourth-order valence-corrected chi connectivity index (χ4v) is 7.93. The van der Waals surface area contributed by atoms with E-state index < -0.39 is 11.1 Å². The summed E-state index contributed by atoms with van der Waals surface area (Å²) in [5.41, 5.74) is 8.76. The van der Waals surface area contributed by atoms with E-state index in [-0.39, 0.29) is 29.6 Å². The number of para-hydroxylation sites is 2. The molecule has 8 rings (SSSR count). The maximum Gasteiger partial charge on any atom is 0.280 e. The molecule has 2 aliphatic heterocycles. The van der Waals surface area contributed by atoms with Crippen molar-refractivity contribution in [3.05, 3.63) is 189 Å². The van der Waals surface area contributed by atoms with Gasteiger partial charge in [-0.3, -0.25) is 29.5 Å². The van der Waals surface area contributed by atoms with Crippen molar-refractivity contribution in [1.82, 2.24) is 0 Å². The second-order valence-electron chi connectivity index (χ2n) is 15.2. The number of nitrogens with one attached hydrogen (secondary N) is 2. The Balaban J connectivity index is 0.994. The lowest BCUT2D eigenvalue weighted by atomic mass is 9.93. The van der Waals surface area contributed by atoms with Crippen LogP contribution in [0.15, 0.2) is 140 Å². The minimum atomic E-state index is -0.825. The average molecular weight is 772 g/mol. The zero-order valence-electron chi connectivity index (χ0n) is 32.9. The van der Waals surface area contributed by atoms with Crippen LogP contribution in [0.5, 0.6) is 5.75 Å². The number of amides is 2. The first-order chi connectivity index (χ1) is 28.1. The van der Waals surface area contributed by atoms with Crippen LogP contribution in [0, 0.1) is 10.1 Å². The zero-order valence-corrected chi connectivity index (χ0v) is 32.9. The van der Waals surface area contributed by atoms with Crippen molar-refractivity contribution < 1.29 is 19.2 Å². The highest BCUT2D eigenvalue weighted by molar-refractivity contribution is 6.13. The summed E-state index contributed by atoms with van der Waals surface area (Å²) in [6.07, 6.45) is 0.537. The summed E-state index contributed by atoms with van der Waals surface area (Å²) in [4.78, 5) is 43.2. The molecule has 10 heteroatoms. The Bertz CT molecular complexity index is 2480. The molecule has 6 aromatic carbocycles. The fraction of sp³-hybridized carbons (Fsp3) is 0.208. The monoisotopic (exact) mass is 771 g/mol. The molecule has 2 heterocycles. The van der Waals surface area contributed by atoms with Crippen LogP contribution in [0.2, 0.25) is 0 Å². The summed E-state index contributed by atoms with van der Waals surface area (Å²) in [6, 6.07) is 44.2. The Morgan fingerprint density at radius 3 is 1.76 bits per heavy atom. The second kappa shape index (κ2) is 15.9. The number of rotatable bonds is 11. The van der Waals surface area contributed by atoms with Gasteiger partial charge in [0.15, 0.2) is 0 Å². The van der Waals surface area contributed by atoms with Gasteiger partial charge in [-0.15, -0.1) is 0 Å². The van der Waals surface area contributed by atoms with E-state index in [2.05, 4.69) is 67.8 Å². The lowest BCUT2D eigenvalue weighted by Crippen LogP contribution is -2.43. The molecule has 0 saturated carbocycles. The molecule has 10 nitrogen and oxygen atoms in total. The molecule has 2 N–H and O–H groups in total. The van der Waals surface area contributed by atoms with Crippen molar-refractivity contribution >= 4 is 40.3 Å². The number of methoxy groups -OCH3 is 1. The lowest BCUT2D eigenvalue weighted by Gasteiger charge is -2.38. The van der Waals surface area contributed by atoms with Gasteiger partial charge in [-0.1, -0.05) is 93.6 Å². The van der Waals surface area contributed by atoms with E-state index in [4.69, 9.17) is 4.74 Å². The molecular weight excluding hydrogens is 727 g/mol. The van der Waals surface area contributed by atoms with Crippen molar-refractivity contribution in [1.29, 1.82) is 0 Å². The highest BCUT2D eigenvalue weighted by atomic mass is 16.6. The minimum Gasteiger partial charge on any atom is -0.497 e. The Labute approximate surface area is 338 Å². The van der Waals surface area contributed by atoms with E-state index in [1.807, 2.05) is 71.6 Å². The Morgan fingerprint density at radius 1 is 0.672 bits per heavy atom. The number of ether oxygens (including phenoxy) is 1. The van der Waals surface area contributed by atoms with E-state index >= 15 is 0 Å². The number of carbonyl (C=O) groups excluding carboxylic acids is 2. The van der Waals surface area contributed by atoms with Gasteiger partial charge in [0.1, 0.15) is 18.1 Å². The molecule has 0 fully saturated rings. The van der Waals surface area contributed by atoms with Gasteiger partial charge in [0.25, 0.3) is 17.5 Å². The van der Waals surface area contributed by atoms with Crippen LogP contribution >= 0.6 is 0 Å². The molecule has 6 aromatic rings. The normalized spacial score (nSPS) is 16.6. The first-order valence-corrected chi connectivity index (χ1v) is 19.6. The Kier molecular flexibility index (Phi) is 10.4. The first kappa shape index (κ1) is 38.0. The molecule has 3 atom stereocenters. The summed E-state index contributed by atoms with van der Waals surface area (Å²) < 4.78 is 5.27. The van der Waals surface area contributed by atoms with E-state index in [9.17, 15) is 19.7 Å². The van der Waals surface area contributed by atoms with Crippen molar-refractivity contribution in [3.63, 3.8) is 0 Å². The van der Waals surface area contributed by atoms with Crippen LogP contribution in [0.4, 0.5) is 28.4 Å². The summed E-state index contributed by atoms with van der Waals surface area (Å²) in [6.45, 7) is 6.51. The van der Waals surface area contributed by atoms with Gasteiger partial charge in [-0.05, 0) is 108 Å². The van der Waals surface area contributed by atoms with Crippen molar-refractivity contribution in [2.24, 2.45) is 0 Å². The van der Waals surface area contributed by atoms with Gasteiger partial charge in [0, 0.05) is 22.7 Å². The van der Waals surface area contributed by atoms with Gasteiger partial charge in [0.05, 0.1) is 34.8 Å². The maximum absolute atomic E-state index is 14.1. The molecule has 2 aliphatic rings. The molecule has 0 saturated heterocycles. The maximum atomic E-state index is 14.1. The van der Waals surface area contributed by atoms with E-state index in [0.29, 0.717) is 39.7 Å². The van der Waals surface area contributed by atoms with Crippen LogP contribution in [-0.2, 0) is 6.42 Å². The highest BCUT2D eigenvalue weighted by Gasteiger charge is 2.38. The zero-order chi connectivity index (χ0) is 40.5. The summed E-state index contributed by atoms with van der Waals surface area (Å²) in [7, 11) is 1.46. The van der Waals surface area contributed by atoms with E-state index in [1.54, 1.807) is 35.2 Å². The standard InChI is InChI=1S/C48H45N5O5/c1-30(2)33-19-23-36(24-20-33)51-45(49-42-11-7-5-9-39(42)47(51)54)35-17-15-32(16-18-35)14-13-31(3)34-21-25-37(26-22-34)52-46(50-43-12-8-6-10-40(43)48(52)55)41-28-27-38(58-4)29-44(41)53(56)57/h5-12,15-31,45-46,49-50H,13-14H2,1-4H3. The lowest BCUT2D eigenvalue weighted by molar-refractivity contribution is -0.385. The fourth-order valence-electron chi connectivity index (χ4n) is 7.93. The van der Waals surface area contributed by atoms with Gasteiger partial charge in [-0.25, -0.2) is 0 Å². The SMILES string of the molecule is COc1ccc(C2Nc3ccccc3C(=O)N2c2ccc(C(C)CCc3ccc(C4Nc5ccccc5C(=O)N4c4ccc(C(C)C)cc4)cc3)cc2)c([N+](=O)[O-])c1. The number of anilines is 4. The third kappa shape index (κ3) is 7.25. The van der Waals surface area contributed by atoms with Gasteiger partial charge in [-0.2, -0.15) is 0 Å². The second-order valence-corrected chi connectivity index (χ2v) is 15.2. The smallest absolute Gasteiger partial charge is 0.280 e. The van der Waals surface area contributed by atoms with Crippen molar-refractivity contribution in [3.8, 4) is 5.75 Å². The number of carbonyl (C=O) groups is 2. The Hall–Kier alpha value is -6.94. The number of nitro groups is 1. The summed E-state index contributed by atoms with van der Waals surface area (Å²) in [5.74, 6) is 0.671. The summed E-state index contributed by atoms with van der Waals surface area (Å²) >= 11 is 0. The molecule has 0 spiro atoms. The largest absolute Gasteiger partial charge is 0.497 e. The van der Waals surface area contributed by atoms with Crippen LogP contribution in [0.25, 0.3) is 0 Å². The van der Waals surface area contributed by atoms with Gasteiger partial charge < -0.3 is 15.4 Å². The Morgan fingerprint density at radius 2 is 1.21 bits per heavy atom. The van der Waals surface area contributed by atoms with E-state index in [1.165, 1.54) is 24.3 Å². The van der Waals surface area contributed by atoms with E-state index in [0.717, 1.165) is 35.3 Å². The number of aryl methyl sites for hydroxylation is 1. The molecule has 292 valence electrons. The van der Waals surface area contributed by atoms with Crippen molar-refractivity contribution in [2.45, 2.75) is 57.8 Å². The molecule has 58 heavy (non-hydrogen) atoms. The topological polar surface area (TPSA) is 117 Å². The molecule has 0 bridgehead atoms. The molecule has 0 aliphatic carbocycles. The van der Waals surface area contributed by atoms with Crippen molar-refractivity contribution in [2.75, 3.05) is 27.5 Å². The predicted octanol–water partition coefficient (Wildman–Crippen LogP) is 11.0. The quantitative estimate of drug-likeness (QED) is 0.0994. The molecule has 0 aromatic heterocycles. The predicted molar refractivity (Wildman–Crippen MR) is 229 cm³/mol. The van der Waals surface area contributed by atoms with Gasteiger partial charge >= 0.3 is 0 Å². The number of nitro benzene ring substituents is 1. The molecule has 2 amide bonds. The minimum absolute atomic E-state index is 0.0381. The number of hydrogen-bond acceptors (Lipinski definition) is 7. The van der Waals surface area contributed by atoms with Gasteiger partial charge in [0.2, 0.25) is 0 Å². The van der Waals surface area contributed by atoms with Crippen LogP contribution in [-0.4, -0.2) is 23.8 Å². The van der Waals surface area contributed by atoms with Crippen LogP contribution in [0.1, 0.15) is 99.9 Å². The molecular formula is C48H45N5O5. The van der Waals surface area contributed by atoms with Crippen LogP contribution < -0.4 is 25.2 Å². The average Bonchev–Trinajstić information content (AvgIpc) is 3.25. The van der Waals surface area contributed by atoms with Crippen LogP contribution in [0.3, 0.4) is 0 Å². The molecule has 3 unspecified atom stereocenters. The third-order valence-corrected chi connectivity index (χ3v) is 11.3. The molecule has 0 radical (unpaired) electrons. The highest BCUT2D eigenvalue weighted by Crippen LogP contribution is 2.42. The number of hydrogen-bond donors (Lipinski definition) is 2. The number of nitrogens with zero attached hydrogens (tertiary/aromatic N) is 3.